The lowest BCUT2D eigenvalue weighted by atomic mass is 9.98. The number of carbonyl (C=O) groups is 1. The molecule has 0 aromatic carbocycles. The minimum Gasteiger partial charge on any atom is -0.547 e. The molecule has 1 aliphatic rings. The number of nitrogens with two attached hydrogens (primary N) is 1. The van der Waals surface area contributed by atoms with Crippen molar-refractivity contribution in [2.45, 2.75) is 30.6 Å². The Bertz CT molecular complexity index is 574. The zero-order chi connectivity index (χ0) is 15.0. The van der Waals surface area contributed by atoms with E-state index >= 15 is 0 Å². The van der Waals surface area contributed by atoms with E-state index < -0.39 is 42.3 Å². The topological polar surface area (TPSA) is 171 Å². The molecule has 5 N–H and O–H groups in total. The lowest BCUT2D eigenvalue weighted by Gasteiger charge is -2.41. The third-order valence-electron chi connectivity index (χ3n) is 2.95. The van der Waals surface area contributed by atoms with Gasteiger partial charge in [0.15, 0.2) is 6.23 Å². The highest BCUT2D eigenvalue weighted by Gasteiger charge is 2.45. The lowest BCUT2D eigenvalue weighted by molar-refractivity contribution is -0.337. The van der Waals surface area contributed by atoms with Crippen LogP contribution in [0.25, 0.3) is 0 Å². The Balaban J connectivity index is 2.39. The predicted octanol–water partition coefficient (Wildman–Crippen LogP) is -4.44. The van der Waals surface area contributed by atoms with E-state index in [-0.39, 0.29) is 5.82 Å². The number of aliphatic carboxylic acids is 1. The molecule has 5 atom stereocenters. The average molecular weight is 286 g/mol. The van der Waals surface area contributed by atoms with Crippen molar-refractivity contribution in [3.63, 3.8) is 0 Å². The number of carbonyl (C=O) groups excluding carboxylic acids is 1. The molecule has 0 aliphatic carbocycles. The molecule has 0 spiro atoms. The summed E-state index contributed by atoms with van der Waals surface area (Å²) in [5, 5.41) is 39.7. The van der Waals surface area contributed by atoms with Gasteiger partial charge in [0.05, 0.1) is 5.97 Å². The highest BCUT2D eigenvalue weighted by molar-refractivity contribution is 5.71. The van der Waals surface area contributed by atoms with Gasteiger partial charge in [-0.05, 0) is 6.07 Å². The van der Waals surface area contributed by atoms with Gasteiger partial charge in [0.2, 0.25) is 0 Å². The van der Waals surface area contributed by atoms with Crippen LogP contribution < -0.4 is 16.5 Å². The third kappa shape index (κ3) is 2.36. The van der Waals surface area contributed by atoms with Gasteiger partial charge in [-0.25, -0.2) is 4.79 Å². The van der Waals surface area contributed by atoms with Crippen LogP contribution in [0.3, 0.4) is 0 Å². The Morgan fingerprint density at radius 1 is 1.35 bits per heavy atom. The highest BCUT2D eigenvalue weighted by atomic mass is 16.6. The summed E-state index contributed by atoms with van der Waals surface area (Å²) >= 11 is 0. The van der Waals surface area contributed by atoms with Crippen LogP contribution in [0.4, 0.5) is 5.82 Å². The number of nitrogens with zero attached hydrogens (tertiary/aromatic N) is 2. The minimum absolute atomic E-state index is 0.0754. The Morgan fingerprint density at radius 2 is 2.00 bits per heavy atom. The van der Waals surface area contributed by atoms with Gasteiger partial charge in [0.1, 0.15) is 30.2 Å². The molecular formula is C10H12N3O7-. The summed E-state index contributed by atoms with van der Waals surface area (Å²) in [4.78, 5) is 25.8. The molecule has 1 fully saturated rings. The van der Waals surface area contributed by atoms with Crippen molar-refractivity contribution in [3.8, 4) is 0 Å². The van der Waals surface area contributed by atoms with Crippen molar-refractivity contribution in [3.05, 3.63) is 22.7 Å². The van der Waals surface area contributed by atoms with Gasteiger partial charge >= 0.3 is 5.69 Å². The summed E-state index contributed by atoms with van der Waals surface area (Å²) in [5.74, 6) is -1.86. The smallest absolute Gasteiger partial charge is 0.351 e. The number of ether oxygens (including phenoxy) is 1. The van der Waals surface area contributed by atoms with Gasteiger partial charge in [-0.3, -0.25) is 4.57 Å². The molecule has 2 rings (SSSR count). The standard InChI is InChI=1S/C10H13N3O7/c11-3-1-2-13(10(19)12-3)8-6(16)4(14)5(15)7(20-8)9(17)18/h1-2,4-8,14-16H,(H,17,18)(H2,11,12,19)/p-1/t4-,5-,6+,7-,8-/m0/s1. The Morgan fingerprint density at radius 3 is 2.55 bits per heavy atom. The van der Waals surface area contributed by atoms with Crippen LogP contribution in [0.5, 0.6) is 0 Å². The first kappa shape index (κ1) is 14.4. The van der Waals surface area contributed by atoms with E-state index in [1.165, 1.54) is 6.07 Å². The summed E-state index contributed by atoms with van der Waals surface area (Å²) in [6.45, 7) is 0. The molecule has 10 heteroatoms. The number of nitrogen functional groups attached to an aromatic ring is 1. The van der Waals surface area contributed by atoms with E-state index in [0.29, 0.717) is 0 Å². The van der Waals surface area contributed by atoms with Crippen LogP contribution >= 0.6 is 0 Å². The first-order valence-corrected chi connectivity index (χ1v) is 5.58. The second-order valence-electron chi connectivity index (χ2n) is 4.28. The first-order chi connectivity index (χ1) is 9.32. The maximum absolute atomic E-state index is 11.6. The highest BCUT2D eigenvalue weighted by Crippen LogP contribution is 2.27. The van der Waals surface area contributed by atoms with Crippen molar-refractivity contribution in [1.29, 1.82) is 0 Å². The van der Waals surface area contributed by atoms with Crippen LogP contribution in [0.15, 0.2) is 17.1 Å². The van der Waals surface area contributed by atoms with E-state index in [1.54, 1.807) is 0 Å². The van der Waals surface area contributed by atoms with Gasteiger partial charge in [-0.2, -0.15) is 4.98 Å². The molecule has 0 bridgehead atoms. The summed E-state index contributed by atoms with van der Waals surface area (Å²) in [6.07, 6.45) is -7.77. The fourth-order valence-corrected chi connectivity index (χ4v) is 1.91. The summed E-state index contributed by atoms with van der Waals surface area (Å²) < 4.78 is 5.67. The van der Waals surface area contributed by atoms with Gasteiger partial charge in [0.25, 0.3) is 0 Å². The Kier molecular flexibility index (Phi) is 3.72. The molecule has 110 valence electrons. The monoisotopic (exact) mass is 286 g/mol. The van der Waals surface area contributed by atoms with E-state index in [0.717, 1.165) is 10.8 Å². The number of aliphatic hydroxyl groups is 3. The number of aromatic nitrogens is 2. The fraction of sp³-hybridized carbons (Fsp3) is 0.500. The number of rotatable bonds is 2. The van der Waals surface area contributed by atoms with Gasteiger partial charge in [0, 0.05) is 6.20 Å². The van der Waals surface area contributed by atoms with E-state index in [2.05, 4.69) is 4.98 Å². The van der Waals surface area contributed by atoms with Gasteiger partial charge < -0.3 is 35.7 Å². The van der Waals surface area contributed by atoms with E-state index in [4.69, 9.17) is 10.5 Å². The van der Waals surface area contributed by atoms with Crippen molar-refractivity contribution in [1.82, 2.24) is 9.55 Å². The van der Waals surface area contributed by atoms with E-state index in [1.807, 2.05) is 0 Å². The molecule has 20 heavy (non-hydrogen) atoms. The molecule has 1 aromatic heterocycles. The summed E-state index contributed by atoms with van der Waals surface area (Å²) in [6, 6.07) is 1.23. The molecule has 1 aliphatic heterocycles. The first-order valence-electron chi connectivity index (χ1n) is 5.58. The van der Waals surface area contributed by atoms with Crippen LogP contribution in [0, 0.1) is 0 Å². The van der Waals surface area contributed by atoms with Crippen LogP contribution in [0.1, 0.15) is 6.23 Å². The number of hydrogen-bond donors (Lipinski definition) is 4. The summed E-state index contributed by atoms with van der Waals surface area (Å²) in [5.41, 5.74) is 4.39. The third-order valence-corrected chi connectivity index (χ3v) is 2.95. The van der Waals surface area contributed by atoms with Crippen LogP contribution in [-0.4, -0.2) is 55.3 Å². The Hall–Kier alpha value is -2.01. The fourth-order valence-electron chi connectivity index (χ4n) is 1.91. The molecule has 0 saturated carbocycles. The van der Waals surface area contributed by atoms with Gasteiger partial charge in [-0.15, -0.1) is 0 Å². The number of carboxylic acids is 1. The second-order valence-corrected chi connectivity index (χ2v) is 4.28. The average Bonchev–Trinajstić information content (AvgIpc) is 2.37. The quantitative estimate of drug-likeness (QED) is 0.418. The molecule has 0 radical (unpaired) electrons. The van der Waals surface area contributed by atoms with Crippen LogP contribution in [0.2, 0.25) is 0 Å². The normalized spacial score (nSPS) is 33.9. The number of carboxylic acid groups (broad SMARTS) is 1. The molecule has 0 amide bonds. The zero-order valence-corrected chi connectivity index (χ0v) is 9.99. The largest absolute Gasteiger partial charge is 0.547 e. The Labute approximate surface area is 111 Å². The van der Waals surface area contributed by atoms with Crippen molar-refractivity contribution in [2.75, 3.05) is 5.73 Å². The lowest BCUT2D eigenvalue weighted by Crippen LogP contribution is -2.61. The molecular weight excluding hydrogens is 274 g/mol. The number of hydrogen-bond acceptors (Lipinski definition) is 9. The second kappa shape index (κ2) is 5.17. The molecule has 0 unspecified atom stereocenters. The molecule has 10 nitrogen and oxygen atoms in total. The minimum atomic E-state index is -1.90. The van der Waals surface area contributed by atoms with E-state index in [9.17, 15) is 30.0 Å². The molecule has 2 heterocycles. The number of aliphatic hydroxyl groups excluding tert-OH is 3. The SMILES string of the molecule is Nc1ccn([C@H]2O[C@H](C(=O)[O-])[C@@H](O)[C@H](O)[C@H]2O)c(=O)n1. The molecule has 1 saturated heterocycles. The zero-order valence-electron chi connectivity index (χ0n) is 9.99. The summed E-state index contributed by atoms with van der Waals surface area (Å²) in [7, 11) is 0. The van der Waals surface area contributed by atoms with Crippen LogP contribution in [-0.2, 0) is 9.53 Å². The molecule has 1 aromatic rings. The van der Waals surface area contributed by atoms with Crippen molar-refractivity contribution >= 4 is 11.8 Å². The number of anilines is 1. The van der Waals surface area contributed by atoms with Crippen molar-refractivity contribution < 1.29 is 30.0 Å². The predicted molar refractivity (Wildman–Crippen MR) is 59.8 cm³/mol. The van der Waals surface area contributed by atoms with Crippen molar-refractivity contribution in [2.24, 2.45) is 0 Å². The maximum atomic E-state index is 11.6. The van der Waals surface area contributed by atoms with Gasteiger partial charge in [-0.1, -0.05) is 0 Å². The maximum Gasteiger partial charge on any atom is 0.351 e.